The molecule has 6 nitrogen and oxygen atoms in total. The van der Waals surface area contributed by atoms with Crippen molar-refractivity contribution in [1.29, 1.82) is 5.26 Å². The number of benzene rings is 2. The van der Waals surface area contributed by atoms with Crippen molar-refractivity contribution in [2.24, 2.45) is 11.7 Å². The van der Waals surface area contributed by atoms with Crippen LogP contribution in [0.4, 0.5) is 0 Å². The van der Waals surface area contributed by atoms with Crippen LogP contribution in [0.25, 0.3) is 10.9 Å². The number of primary amides is 1. The van der Waals surface area contributed by atoms with Gasteiger partial charge in [-0.2, -0.15) is 5.26 Å². The molecule has 0 aliphatic heterocycles. The molecule has 0 bridgehead atoms. The van der Waals surface area contributed by atoms with Crippen molar-refractivity contribution >= 4 is 22.8 Å². The predicted molar refractivity (Wildman–Crippen MR) is 104 cm³/mol. The number of amides is 1. The van der Waals surface area contributed by atoms with Gasteiger partial charge in [-0.15, -0.1) is 0 Å². The Morgan fingerprint density at radius 2 is 1.96 bits per heavy atom. The Kier molecular flexibility index (Phi) is 4.36. The van der Waals surface area contributed by atoms with Crippen LogP contribution in [0.5, 0.6) is 0 Å². The molecular weight excluding hydrogens is 354 g/mol. The van der Waals surface area contributed by atoms with Gasteiger partial charge in [0, 0.05) is 28.1 Å². The highest BCUT2D eigenvalue weighted by molar-refractivity contribution is 5.93. The van der Waals surface area contributed by atoms with E-state index in [-0.39, 0.29) is 17.8 Å². The second-order valence-corrected chi connectivity index (χ2v) is 7.09. The van der Waals surface area contributed by atoms with E-state index in [2.05, 4.69) is 11.1 Å². The number of esters is 1. The maximum atomic E-state index is 12.3. The fourth-order valence-electron chi connectivity index (χ4n) is 4.12. The van der Waals surface area contributed by atoms with E-state index in [1.807, 2.05) is 24.3 Å². The molecule has 0 saturated heterocycles. The van der Waals surface area contributed by atoms with Gasteiger partial charge in [0.15, 0.2) is 0 Å². The molecule has 28 heavy (non-hydrogen) atoms. The highest BCUT2D eigenvalue weighted by atomic mass is 16.5. The maximum absolute atomic E-state index is 12.3. The molecule has 2 atom stereocenters. The van der Waals surface area contributed by atoms with Gasteiger partial charge in [0.25, 0.3) is 0 Å². The number of ether oxygens (including phenoxy) is 1. The minimum atomic E-state index is -0.474. The van der Waals surface area contributed by atoms with Crippen molar-refractivity contribution in [3.63, 3.8) is 0 Å². The lowest BCUT2D eigenvalue weighted by atomic mass is 9.76. The first-order valence-corrected chi connectivity index (χ1v) is 9.04. The van der Waals surface area contributed by atoms with Crippen LogP contribution in [0.3, 0.4) is 0 Å². The van der Waals surface area contributed by atoms with Crippen molar-refractivity contribution in [3.05, 3.63) is 70.4 Å². The summed E-state index contributed by atoms with van der Waals surface area (Å²) in [5.74, 6) is -1.04. The van der Waals surface area contributed by atoms with E-state index in [0.29, 0.717) is 24.0 Å². The molecule has 2 aromatic carbocycles. The summed E-state index contributed by atoms with van der Waals surface area (Å²) in [5.41, 5.74) is 10.4. The molecule has 0 fully saturated rings. The lowest BCUT2D eigenvalue weighted by Gasteiger charge is -2.28. The van der Waals surface area contributed by atoms with Gasteiger partial charge in [-0.1, -0.05) is 12.1 Å². The number of aromatic nitrogens is 1. The number of nitriles is 1. The van der Waals surface area contributed by atoms with Crippen molar-refractivity contribution in [2.45, 2.75) is 18.8 Å². The van der Waals surface area contributed by atoms with Crippen LogP contribution in [-0.2, 0) is 16.0 Å². The summed E-state index contributed by atoms with van der Waals surface area (Å²) >= 11 is 0. The Hall–Kier alpha value is -3.59. The van der Waals surface area contributed by atoms with Crippen LogP contribution >= 0.6 is 0 Å². The van der Waals surface area contributed by atoms with Gasteiger partial charge < -0.3 is 15.5 Å². The number of carbonyl (C=O) groups excluding carboxylic acids is 2. The number of methoxy groups -OCH3 is 1. The van der Waals surface area contributed by atoms with Crippen molar-refractivity contribution in [3.8, 4) is 6.07 Å². The third-order valence-electron chi connectivity index (χ3n) is 5.52. The van der Waals surface area contributed by atoms with Crippen molar-refractivity contribution in [2.75, 3.05) is 7.11 Å². The molecule has 6 heteroatoms. The average molecular weight is 373 g/mol. The van der Waals surface area contributed by atoms with Crippen molar-refractivity contribution in [1.82, 2.24) is 4.98 Å². The summed E-state index contributed by atoms with van der Waals surface area (Å²) in [6, 6.07) is 14.9. The highest BCUT2D eigenvalue weighted by Gasteiger charge is 2.35. The van der Waals surface area contributed by atoms with E-state index in [9.17, 15) is 14.9 Å². The molecule has 1 aliphatic carbocycles. The van der Waals surface area contributed by atoms with Gasteiger partial charge in [-0.3, -0.25) is 9.59 Å². The Balaban J connectivity index is 1.86. The molecule has 1 heterocycles. The summed E-state index contributed by atoms with van der Waals surface area (Å²) in [5, 5.41) is 10.2. The Morgan fingerprint density at radius 3 is 2.61 bits per heavy atom. The first kappa shape index (κ1) is 17.8. The minimum absolute atomic E-state index is 0.0484. The number of rotatable bonds is 3. The second kappa shape index (κ2) is 6.86. The number of nitrogens with zero attached hydrogens (tertiary/aromatic N) is 1. The van der Waals surface area contributed by atoms with E-state index in [1.165, 1.54) is 7.11 Å². The van der Waals surface area contributed by atoms with Gasteiger partial charge in [0.1, 0.15) is 0 Å². The molecule has 4 rings (SSSR count). The molecular formula is C22H19N3O3. The minimum Gasteiger partial charge on any atom is -0.469 e. The van der Waals surface area contributed by atoms with Crippen LogP contribution in [0, 0.1) is 17.2 Å². The largest absolute Gasteiger partial charge is 0.469 e. The first-order chi connectivity index (χ1) is 13.5. The topological polar surface area (TPSA) is 109 Å². The fourth-order valence-corrected chi connectivity index (χ4v) is 4.12. The number of nitrogens with one attached hydrogen (secondary N) is 1. The monoisotopic (exact) mass is 373 g/mol. The Bertz CT molecular complexity index is 1120. The molecule has 0 spiro atoms. The fraction of sp³-hybridized carbons (Fsp3) is 0.227. The van der Waals surface area contributed by atoms with E-state index in [1.54, 1.807) is 18.2 Å². The molecule has 1 aromatic heterocycles. The normalized spacial score (nSPS) is 18.3. The van der Waals surface area contributed by atoms with Crippen LogP contribution < -0.4 is 5.73 Å². The zero-order chi connectivity index (χ0) is 19.8. The summed E-state index contributed by atoms with van der Waals surface area (Å²) in [6.45, 7) is 0. The van der Waals surface area contributed by atoms with Gasteiger partial charge in [-0.25, -0.2) is 0 Å². The first-order valence-electron chi connectivity index (χ1n) is 9.04. The zero-order valence-electron chi connectivity index (χ0n) is 15.4. The summed E-state index contributed by atoms with van der Waals surface area (Å²) in [6.07, 6.45) is 1.17. The highest BCUT2D eigenvalue weighted by Crippen LogP contribution is 2.42. The van der Waals surface area contributed by atoms with E-state index in [0.717, 1.165) is 27.7 Å². The number of fused-ring (bicyclic) bond motifs is 3. The summed E-state index contributed by atoms with van der Waals surface area (Å²) in [7, 11) is 1.40. The van der Waals surface area contributed by atoms with Crippen LogP contribution in [0.15, 0.2) is 42.5 Å². The third kappa shape index (κ3) is 2.91. The molecule has 140 valence electrons. The number of aromatic amines is 1. The number of hydrogen-bond acceptors (Lipinski definition) is 4. The van der Waals surface area contributed by atoms with Gasteiger partial charge in [-0.05, 0) is 54.3 Å². The predicted octanol–water partition coefficient (Wildman–Crippen LogP) is 3.01. The van der Waals surface area contributed by atoms with E-state index >= 15 is 0 Å². The average Bonchev–Trinajstić information content (AvgIpc) is 3.10. The summed E-state index contributed by atoms with van der Waals surface area (Å²) < 4.78 is 5.01. The standard InChI is InChI=1S/C22H19N3O3/c1-28-22(27)15-9-16(13-3-5-14(6-4-13)21(24)26)20-18(10-15)17-8-12(11-23)2-7-19(17)25-20/h2-8,15-16,25H,9-10H2,1H3,(H2,24,26). The smallest absolute Gasteiger partial charge is 0.309 e. The van der Waals surface area contributed by atoms with Crippen molar-refractivity contribution < 1.29 is 14.3 Å². The lowest BCUT2D eigenvalue weighted by molar-refractivity contribution is -0.145. The Morgan fingerprint density at radius 1 is 1.21 bits per heavy atom. The summed E-state index contributed by atoms with van der Waals surface area (Å²) in [4.78, 5) is 27.2. The zero-order valence-corrected chi connectivity index (χ0v) is 15.4. The SMILES string of the molecule is COC(=O)C1Cc2c([nH]c3ccc(C#N)cc23)C(c2ccc(C(N)=O)cc2)C1. The Labute approximate surface area is 161 Å². The number of carbonyl (C=O) groups is 2. The van der Waals surface area contributed by atoms with Crippen LogP contribution in [0.1, 0.15) is 45.1 Å². The molecule has 2 unspecified atom stereocenters. The van der Waals surface area contributed by atoms with Crippen LogP contribution in [0.2, 0.25) is 0 Å². The van der Waals surface area contributed by atoms with Gasteiger partial charge >= 0.3 is 5.97 Å². The van der Waals surface area contributed by atoms with E-state index < -0.39 is 5.91 Å². The number of H-pyrrole nitrogens is 1. The molecule has 1 amide bonds. The molecule has 3 N–H and O–H groups in total. The maximum Gasteiger partial charge on any atom is 0.309 e. The van der Waals surface area contributed by atoms with Gasteiger partial charge in [0.2, 0.25) is 5.91 Å². The number of nitrogens with two attached hydrogens (primary N) is 1. The lowest BCUT2D eigenvalue weighted by Crippen LogP contribution is -2.26. The van der Waals surface area contributed by atoms with Gasteiger partial charge in [0.05, 0.1) is 24.7 Å². The van der Waals surface area contributed by atoms with E-state index in [4.69, 9.17) is 10.5 Å². The van der Waals surface area contributed by atoms with Crippen LogP contribution in [-0.4, -0.2) is 24.0 Å². The molecule has 0 radical (unpaired) electrons. The molecule has 0 saturated carbocycles. The quantitative estimate of drug-likeness (QED) is 0.688. The second-order valence-electron chi connectivity index (χ2n) is 7.09. The third-order valence-corrected chi connectivity index (χ3v) is 5.52. The molecule has 1 aliphatic rings. The number of hydrogen-bond donors (Lipinski definition) is 2. The molecule has 3 aromatic rings.